The topological polar surface area (TPSA) is 66.4 Å². The Bertz CT molecular complexity index is 748. The van der Waals surface area contributed by atoms with Crippen molar-refractivity contribution in [3.8, 4) is 0 Å². The van der Waals surface area contributed by atoms with Gasteiger partial charge in [-0.15, -0.1) is 0 Å². The summed E-state index contributed by atoms with van der Waals surface area (Å²) < 4.78 is 26.7. The van der Waals surface area contributed by atoms with Crippen LogP contribution in [0.2, 0.25) is 10.0 Å². The number of benzene rings is 2. The van der Waals surface area contributed by atoms with Gasteiger partial charge >= 0.3 is 0 Å². The Morgan fingerprint density at radius 2 is 1.71 bits per heavy atom. The van der Waals surface area contributed by atoms with E-state index in [1.54, 1.807) is 24.3 Å². The van der Waals surface area contributed by atoms with Gasteiger partial charge in [-0.2, -0.15) is 0 Å². The molecule has 0 spiro atoms. The molecular weight excluding hydrogens is 333 g/mol. The molecule has 0 fully saturated rings. The second kappa shape index (κ2) is 6.66. The van der Waals surface area contributed by atoms with Crippen LogP contribution >= 0.6 is 23.2 Å². The highest BCUT2D eigenvalue weighted by Crippen LogP contribution is 2.25. The monoisotopic (exact) mass is 345 g/mol. The zero-order valence-corrected chi connectivity index (χ0v) is 13.2. The Kier molecular flexibility index (Phi) is 5.11. The van der Waals surface area contributed by atoms with Crippen LogP contribution in [0.25, 0.3) is 0 Å². The SMILES string of the molecule is O=S(=O)(Cc1cccc(CO)c1)Nc1ccc(Cl)c(Cl)c1. The normalized spacial score (nSPS) is 11.4. The molecule has 0 heterocycles. The molecule has 0 aliphatic heterocycles. The van der Waals surface area contributed by atoms with Gasteiger partial charge in [0.1, 0.15) is 0 Å². The second-order valence-electron chi connectivity index (χ2n) is 4.47. The Labute approximate surface area is 133 Å². The van der Waals surface area contributed by atoms with E-state index in [1.807, 2.05) is 0 Å². The van der Waals surface area contributed by atoms with Crippen LogP contribution in [0, 0.1) is 0 Å². The Morgan fingerprint density at radius 3 is 2.38 bits per heavy atom. The number of hydrogen-bond donors (Lipinski definition) is 2. The Balaban J connectivity index is 2.16. The molecule has 0 unspecified atom stereocenters. The highest BCUT2D eigenvalue weighted by atomic mass is 35.5. The fourth-order valence-electron chi connectivity index (χ4n) is 1.81. The molecular formula is C14H13Cl2NO3S. The van der Waals surface area contributed by atoms with E-state index in [0.29, 0.717) is 21.8 Å². The molecule has 112 valence electrons. The minimum Gasteiger partial charge on any atom is -0.392 e. The molecule has 0 aliphatic carbocycles. The number of hydrogen-bond acceptors (Lipinski definition) is 3. The maximum Gasteiger partial charge on any atom is 0.236 e. The lowest BCUT2D eigenvalue weighted by atomic mass is 10.1. The van der Waals surface area contributed by atoms with Crippen LogP contribution in [-0.2, 0) is 22.4 Å². The van der Waals surface area contributed by atoms with Crippen molar-refractivity contribution in [2.75, 3.05) is 4.72 Å². The molecule has 2 rings (SSSR count). The molecule has 21 heavy (non-hydrogen) atoms. The minimum atomic E-state index is -3.58. The van der Waals surface area contributed by atoms with Crippen LogP contribution < -0.4 is 4.72 Å². The summed E-state index contributed by atoms with van der Waals surface area (Å²) in [6.07, 6.45) is 0. The van der Waals surface area contributed by atoms with E-state index >= 15 is 0 Å². The first-order valence-electron chi connectivity index (χ1n) is 6.04. The second-order valence-corrected chi connectivity index (χ2v) is 7.00. The van der Waals surface area contributed by atoms with E-state index in [-0.39, 0.29) is 17.4 Å². The predicted octanol–water partition coefficient (Wildman–Crippen LogP) is 3.43. The summed E-state index contributed by atoms with van der Waals surface area (Å²) in [6.45, 7) is -0.131. The summed E-state index contributed by atoms with van der Waals surface area (Å²) in [5.41, 5.74) is 1.61. The molecule has 0 amide bonds. The number of rotatable bonds is 5. The zero-order chi connectivity index (χ0) is 15.5. The van der Waals surface area contributed by atoms with Crippen LogP contribution in [0.15, 0.2) is 42.5 Å². The molecule has 2 aromatic rings. The Hall–Kier alpha value is -1.27. The Morgan fingerprint density at radius 1 is 1.00 bits per heavy atom. The van der Waals surface area contributed by atoms with Gasteiger partial charge in [0.25, 0.3) is 0 Å². The fraction of sp³-hybridized carbons (Fsp3) is 0.143. The van der Waals surface area contributed by atoms with Crippen LogP contribution in [0.1, 0.15) is 11.1 Å². The van der Waals surface area contributed by atoms with Gasteiger partial charge in [-0.3, -0.25) is 4.72 Å². The van der Waals surface area contributed by atoms with Crippen molar-refractivity contribution in [2.24, 2.45) is 0 Å². The molecule has 0 atom stereocenters. The number of nitrogens with one attached hydrogen (secondary N) is 1. The average molecular weight is 346 g/mol. The number of sulfonamides is 1. The first-order chi connectivity index (χ1) is 9.89. The smallest absolute Gasteiger partial charge is 0.236 e. The number of anilines is 1. The van der Waals surface area contributed by atoms with E-state index in [1.165, 1.54) is 18.2 Å². The van der Waals surface area contributed by atoms with Gasteiger partial charge in [-0.25, -0.2) is 8.42 Å². The first kappa shape index (κ1) is 16.1. The van der Waals surface area contributed by atoms with E-state index < -0.39 is 10.0 Å². The summed E-state index contributed by atoms with van der Waals surface area (Å²) in [5, 5.41) is 9.69. The quantitative estimate of drug-likeness (QED) is 0.872. The molecule has 2 aromatic carbocycles. The number of aliphatic hydroxyl groups is 1. The van der Waals surface area contributed by atoms with Crippen molar-refractivity contribution in [1.29, 1.82) is 0 Å². The predicted molar refractivity (Wildman–Crippen MR) is 85.1 cm³/mol. The van der Waals surface area contributed by atoms with Crippen molar-refractivity contribution in [2.45, 2.75) is 12.4 Å². The molecule has 7 heteroatoms. The molecule has 4 nitrogen and oxygen atoms in total. The van der Waals surface area contributed by atoms with Gasteiger partial charge in [0.15, 0.2) is 0 Å². The first-order valence-corrected chi connectivity index (χ1v) is 8.45. The minimum absolute atomic E-state index is 0.131. The largest absolute Gasteiger partial charge is 0.392 e. The third-order valence-electron chi connectivity index (χ3n) is 2.72. The standard InChI is InChI=1S/C14H13Cl2NO3S/c15-13-5-4-12(7-14(13)16)17-21(19,20)9-11-3-1-2-10(6-11)8-18/h1-7,17-18H,8-9H2. The summed E-state index contributed by atoms with van der Waals surface area (Å²) >= 11 is 11.6. The van der Waals surface area contributed by atoms with Crippen molar-refractivity contribution >= 4 is 38.9 Å². The lowest BCUT2D eigenvalue weighted by molar-refractivity contribution is 0.282. The maximum atomic E-state index is 12.1. The summed E-state index contributed by atoms with van der Waals surface area (Å²) in [5.74, 6) is -0.193. The van der Waals surface area contributed by atoms with Gasteiger partial charge in [0, 0.05) is 0 Å². The highest BCUT2D eigenvalue weighted by molar-refractivity contribution is 7.91. The molecule has 2 N–H and O–H groups in total. The molecule has 0 saturated heterocycles. The molecule has 0 aliphatic rings. The van der Waals surface area contributed by atoms with E-state index in [0.717, 1.165) is 0 Å². The van der Waals surface area contributed by atoms with Gasteiger partial charge < -0.3 is 5.11 Å². The van der Waals surface area contributed by atoms with Crippen LogP contribution in [0.5, 0.6) is 0 Å². The third kappa shape index (κ3) is 4.61. The van der Waals surface area contributed by atoms with E-state index in [4.69, 9.17) is 28.3 Å². The van der Waals surface area contributed by atoms with Crippen molar-refractivity contribution in [1.82, 2.24) is 0 Å². The summed E-state index contributed by atoms with van der Waals surface area (Å²) in [7, 11) is -3.58. The van der Waals surface area contributed by atoms with Gasteiger partial charge in [-0.1, -0.05) is 47.5 Å². The van der Waals surface area contributed by atoms with Crippen LogP contribution in [0.3, 0.4) is 0 Å². The van der Waals surface area contributed by atoms with Gasteiger partial charge in [-0.05, 0) is 29.3 Å². The molecule has 0 aromatic heterocycles. The lowest BCUT2D eigenvalue weighted by Crippen LogP contribution is -2.15. The molecule has 0 radical (unpaired) electrons. The fourth-order valence-corrected chi connectivity index (χ4v) is 3.29. The van der Waals surface area contributed by atoms with Crippen LogP contribution in [-0.4, -0.2) is 13.5 Å². The average Bonchev–Trinajstić information content (AvgIpc) is 2.42. The highest BCUT2D eigenvalue weighted by Gasteiger charge is 2.13. The summed E-state index contributed by atoms with van der Waals surface area (Å²) in [6, 6.07) is 11.3. The van der Waals surface area contributed by atoms with Crippen molar-refractivity contribution in [3.63, 3.8) is 0 Å². The van der Waals surface area contributed by atoms with Crippen molar-refractivity contribution < 1.29 is 13.5 Å². The van der Waals surface area contributed by atoms with E-state index in [9.17, 15) is 8.42 Å². The maximum absolute atomic E-state index is 12.1. The number of halogens is 2. The molecule has 0 saturated carbocycles. The molecule has 0 bridgehead atoms. The zero-order valence-electron chi connectivity index (χ0n) is 10.9. The lowest BCUT2D eigenvalue weighted by Gasteiger charge is -2.09. The summed E-state index contributed by atoms with van der Waals surface area (Å²) in [4.78, 5) is 0. The third-order valence-corrected chi connectivity index (χ3v) is 4.72. The van der Waals surface area contributed by atoms with Crippen LogP contribution in [0.4, 0.5) is 5.69 Å². The number of aliphatic hydroxyl groups excluding tert-OH is 1. The van der Waals surface area contributed by atoms with Gasteiger partial charge in [0.05, 0.1) is 28.1 Å². The van der Waals surface area contributed by atoms with E-state index in [2.05, 4.69) is 4.72 Å². The van der Waals surface area contributed by atoms with Gasteiger partial charge in [0.2, 0.25) is 10.0 Å². The van der Waals surface area contributed by atoms with Crippen molar-refractivity contribution in [3.05, 3.63) is 63.6 Å².